The standard InChI is InChI=1S/C24H28N4O3/c1-4-28(5-2)14-15-31-22-12-10-21(11-13-22)27-24-25-16-20(17-26-24)18-6-8-19(9-7-18)23(29)30-3/h6-13,16-17H,4-5,14-15H2,1-3H3,(H,25,26,27). The molecule has 0 aliphatic heterocycles. The van der Waals surface area contributed by atoms with Crippen LogP contribution >= 0.6 is 0 Å². The number of hydrogen-bond donors (Lipinski definition) is 1. The molecule has 7 heteroatoms. The normalized spacial score (nSPS) is 10.7. The van der Waals surface area contributed by atoms with Crippen molar-refractivity contribution in [1.29, 1.82) is 0 Å². The number of nitrogens with one attached hydrogen (secondary N) is 1. The highest BCUT2D eigenvalue weighted by Gasteiger charge is 2.06. The number of benzene rings is 2. The zero-order valence-corrected chi connectivity index (χ0v) is 18.2. The van der Waals surface area contributed by atoms with Crippen LogP contribution in [0.1, 0.15) is 24.2 Å². The van der Waals surface area contributed by atoms with Gasteiger partial charge in [-0.05, 0) is 55.1 Å². The van der Waals surface area contributed by atoms with Crippen LogP contribution in [0.15, 0.2) is 60.9 Å². The molecule has 0 spiro atoms. The molecule has 0 amide bonds. The molecule has 0 aliphatic carbocycles. The molecule has 31 heavy (non-hydrogen) atoms. The zero-order valence-electron chi connectivity index (χ0n) is 18.2. The van der Waals surface area contributed by atoms with Crippen molar-refractivity contribution in [2.75, 3.05) is 38.7 Å². The van der Waals surface area contributed by atoms with Gasteiger partial charge >= 0.3 is 5.97 Å². The first-order valence-corrected chi connectivity index (χ1v) is 10.4. The topological polar surface area (TPSA) is 76.6 Å². The molecule has 1 N–H and O–H groups in total. The number of rotatable bonds is 10. The maximum absolute atomic E-state index is 11.5. The number of methoxy groups -OCH3 is 1. The van der Waals surface area contributed by atoms with Gasteiger partial charge in [-0.2, -0.15) is 0 Å². The second-order valence-electron chi connectivity index (χ2n) is 6.89. The molecule has 162 valence electrons. The summed E-state index contributed by atoms with van der Waals surface area (Å²) in [5.41, 5.74) is 3.17. The van der Waals surface area contributed by atoms with Crippen molar-refractivity contribution in [3.8, 4) is 16.9 Å². The molecule has 0 unspecified atom stereocenters. The van der Waals surface area contributed by atoms with Crippen LogP contribution in [0.4, 0.5) is 11.6 Å². The lowest BCUT2D eigenvalue weighted by Crippen LogP contribution is -2.27. The molecule has 0 atom stereocenters. The van der Waals surface area contributed by atoms with Gasteiger partial charge in [-0.15, -0.1) is 0 Å². The van der Waals surface area contributed by atoms with Crippen molar-refractivity contribution < 1.29 is 14.3 Å². The van der Waals surface area contributed by atoms with Crippen molar-refractivity contribution in [1.82, 2.24) is 14.9 Å². The minimum absolute atomic E-state index is 0.359. The highest BCUT2D eigenvalue weighted by Crippen LogP contribution is 2.21. The molecule has 0 fully saturated rings. The number of hydrogen-bond acceptors (Lipinski definition) is 7. The largest absolute Gasteiger partial charge is 0.492 e. The van der Waals surface area contributed by atoms with Gasteiger partial charge in [0.1, 0.15) is 12.4 Å². The summed E-state index contributed by atoms with van der Waals surface area (Å²) in [6, 6.07) is 14.9. The lowest BCUT2D eigenvalue weighted by molar-refractivity contribution is 0.0600. The fourth-order valence-electron chi connectivity index (χ4n) is 3.05. The Balaban J connectivity index is 1.55. The van der Waals surface area contributed by atoms with Gasteiger partial charge in [0, 0.05) is 30.2 Å². The van der Waals surface area contributed by atoms with E-state index in [1.807, 2.05) is 36.4 Å². The summed E-state index contributed by atoms with van der Waals surface area (Å²) in [6.07, 6.45) is 3.49. The predicted molar refractivity (Wildman–Crippen MR) is 122 cm³/mol. The molecule has 3 aromatic rings. The highest BCUT2D eigenvalue weighted by atomic mass is 16.5. The average molecular weight is 421 g/mol. The van der Waals surface area contributed by atoms with Gasteiger partial charge in [0.15, 0.2) is 0 Å². The first-order valence-electron chi connectivity index (χ1n) is 10.4. The van der Waals surface area contributed by atoms with E-state index in [-0.39, 0.29) is 5.97 Å². The Hall–Kier alpha value is -3.45. The van der Waals surface area contributed by atoms with Crippen molar-refractivity contribution in [2.24, 2.45) is 0 Å². The van der Waals surface area contributed by atoms with Gasteiger partial charge < -0.3 is 19.7 Å². The molecular formula is C24H28N4O3. The monoisotopic (exact) mass is 420 g/mol. The van der Waals surface area contributed by atoms with Gasteiger partial charge in [-0.3, -0.25) is 0 Å². The molecule has 0 saturated heterocycles. The van der Waals surface area contributed by atoms with Crippen molar-refractivity contribution >= 4 is 17.6 Å². The van der Waals surface area contributed by atoms with Crippen LogP contribution in [0.2, 0.25) is 0 Å². The third-order valence-corrected chi connectivity index (χ3v) is 4.97. The van der Waals surface area contributed by atoms with Gasteiger partial charge in [0.25, 0.3) is 0 Å². The van der Waals surface area contributed by atoms with Crippen LogP contribution < -0.4 is 10.1 Å². The van der Waals surface area contributed by atoms with E-state index in [9.17, 15) is 4.79 Å². The van der Waals surface area contributed by atoms with Gasteiger partial charge in [0.2, 0.25) is 5.95 Å². The van der Waals surface area contributed by atoms with Crippen LogP contribution in [-0.4, -0.2) is 54.2 Å². The van der Waals surface area contributed by atoms with Crippen molar-refractivity contribution in [3.63, 3.8) is 0 Å². The Kier molecular flexibility index (Phi) is 7.95. The second-order valence-corrected chi connectivity index (χ2v) is 6.89. The third kappa shape index (κ3) is 6.26. The molecule has 3 rings (SSSR count). The van der Waals surface area contributed by atoms with Crippen LogP contribution in [0, 0.1) is 0 Å². The fourth-order valence-corrected chi connectivity index (χ4v) is 3.05. The van der Waals surface area contributed by atoms with E-state index < -0.39 is 0 Å². The molecule has 0 bridgehead atoms. The maximum Gasteiger partial charge on any atom is 0.337 e. The number of carbonyl (C=O) groups is 1. The van der Waals surface area contributed by atoms with Crippen LogP contribution in [0.3, 0.4) is 0 Å². The molecule has 0 aliphatic rings. The first kappa shape index (κ1) is 22.2. The number of likely N-dealkylation sites (N-methyl/N-ethyl adjacent to an activating group) is 1. The predicted octanol–water partition coefficient (Wildman–Crippen LogP) is 4.39. The summed E-state index contributed by atoms with van der Waals surface area (Å²) >= 11 is 0. The minimum atomic E-state index is -0.359. The number of nitrogens with zero attached hydrogens (tertiary/aromatic N) is 3. The number of ether oxygens (including phenoxy) is 2. The average Bonchev–Trinajstić information content (AvgIpc) is 2.83. The summed E-state index contributed by atoms with van der Waals surface area (Å²) < 4.78 is 10.5. The van der Waals surface area contributed by atoms with E-state index in [0.717, 1.165) is 42.2 Å². The Morgan fingerprint density at radius 3 is 2.16 bits per heavy atom. The molecule has 1 aromatic heterocycles. The molecular weight excluding hydrogens is 392 g/mol. The van der Waals surface area contributed by atoms with Crippen LogP contribution in [0.5, 0.6) is 5.75 Å². The van der Waals surface area contributed by atoms with E-state index in [2.05, 4.69) is 34.0 Å². The number of carbonyl (C=O) groups excluding carboxylic acids is 1. The quantitative estimate of drug-likeness (QED) is 0.487. The van der Waals surface area contributed by atoms with E-state index in [1.165, 1.54) is 7.11 Å². The summed E-state index contributed by atoms with van der Waals surface area (Å²) in [6.45, 7) is 7.94. The lowest BCUT2D eigenvalue weighted by atomic mass is 10.1. The van der Waals surface area contributed by atoms with Crippen LogP contribution in [0.25, 0.3) is 11.1 Å². The Morgan fingerprint density at radius 2 is 1.58 bits per heavy atom. The van der Waals surface area contributed by atoms with E-state index >= 15 is 0 Å². The fraction of sp³-hybridized carbons (Fsp3) is 0.292. The van der Waals surface area contributed by atoms with E-state index in [1.54, 1.807) is 24.5 Å². The Bertz CT molecular complexity index is 954. The number of esters is 1. The Labute approximate surface area is 183 Å². The second kappa shape index (κ2) is 11.1. The molecule has 0 saturated carbocycles. The first-order chi connectivity index (χ1) is 15.1. The summed E-state index contributed by atoms with van der Waals surface area (Å²) in [7, 11) is 1.36. The molecule has 1 heterocycles. The van der Waals surface area contributed by atoms with E-state index in [0.29, 0.717) is 18.1 Å². The minimum Gasteiger partial charge on any atom is -0.492 e. The summed E-state index contributed by atoms with van der Waals surface area (Å²) in [5.74, 6) is 0.983. The van der Waals surface area contributed by atoms with Crippen molar-refractivity contribution in [2.45, 2.75) is 13.8 Å². The van der Waals surface area contributed by atoms with Crippen LogP contribution in [-0.2, 0) is 4.74 Å². The van der Waals surface area contributed by atoms with Gasteiger partial charge in [-0.25, -0.2) is 14.8 Å². The lowest BCUT2D eigenvalue weighted by Gasteiger charge is -2.18. The maximum atomic E-state index is 11.5. The number of aromatic nitrogens is 2. The van der Waals surface area contributed by atoms with Gasteiger partial charge in [0.05, 0.1) is 12.7 Å². The zero-order chi connectivity index (χ0) is 22.1. The molecule has 7 nitrogen and oxygen atoms in total. The third-order valence-electron chi connectivity index (χ3n) is 4.97. The van der Waals surface area contributed by atoms with E-state index in [4.69, 9.17) is 9.47 Å². The molecule has 2 aromatic carbocycles. The molecule has 0 radical (unpaired) electrons. The smallest absolute Gasteiger partial charge is 0.337 e. The Morgan fingerprint density at radius 1 is 0.935 bits per heavy atom. The summed E-state index contributed by atoms with van der Waals surface area (Å²) in [4.78, 5) is 22.6. The number of anilines is 2. The van der Waals surface area contributed by atoms with Crippen molar-refractivity contribution in [3.05, 3.63) is 66.5 Å². The van der Waals surface area contributed by atoms with Gasteiger partial charge in [-0.1, -0.05) is 26.0 Å². The summed E-state index contributed by atoms with van der Waals surface area (Å²) in [5, 5.41) is 3.19. The SMILES string of the molecule is CCN(CC)CCOc1ccc(Nc2ncc(-c3ccc(C(=O)OC)cc3)cn2)cc1. The highest BCUT2D eigenvalue weighted by molar-refractivity contribution is 5.89.